The average molecular weight is 313 g/mol. The number of rotatable bonds is 2. The second-order valence-electron chi connectivity index (χ2n) is 5.04. The van der Waals surface area contributed by atoms with Crippen LogP contribution in [0.1, 0.15) is 20.8 Å². The van der Waals surface area contributed by atoms with Crippen molar-refractivity contribution < 1.29 is 4.79 Å². The molecule has 22 heavy (non-hydrogen) atoms. The van der Waals surface area contributed by atoms with Crippen LogP contribution in [0.4, 0.5) is 0 Å². The van der Waals surface area contributed by atoms with Crippen LogP contribution in [-0.2, 0) is 0 Å². The first-order chi connectivity index (χ1) is 10.5. The number of hydrogen-bond donors (Lipinski definition) is 2. The number of nitrogens with one attached hydrogen (secondary N) is 2. The van der Waals surface area contributed by atoms with Gasteiger partial charge in [0.2, 0.25) is 0 Å². The molecule has 3 aromatic rings. The van der Waals surface area contributed by atoms with Gasteiger partial charge >= 0.3 is 0 Å². The molecule has 1 amide bonds. The molecule has 0 aliphatic carbocycles. The summed E-state index contributed by atoms with van der Waals surface area (Å²) in [7, 11) is 1.58. The Morgan fingerprint density at radius 3 is 2.82 bits per heavy atom. The van der Waals surface area contributed by atoms with E-state index in [0.29, 0.717) is 22.3 Å². The van der Waals surface area contributed by atoms with Gasteiger partial charge in [-0.25, -0.2) is 4.98 Å². The molecule has 0 fully saturated rings. The highest BCUT2D eigenvalue weighted by Crippen LogP contribution is 2.27. The third-order valence-electron chi connectivity index (χ3n) is 3.66. The molecule has 0 aliphatic heterocycles. The van der Waals surface area contributed by atoms with Crippen LogP contribution >= 0.6 is 11.3 Å². The summed E-state index contributed by atoms with van der Waals surface area (Å²) < 4.78 is 0. The maximum Gasteiger partial charge on any atom is 0.260 e. The highest BCUT2D eigenvalue weighted by molar-refractivity contribution is 7.18. The Morgan fingerprint density at radius 2 is 2.09 bits per heavy atom. The average Bonchev–Trinajstić information content (AvgIpc) is 2.81. The molecule has 0 spiro atoms. The summed E-state index contributed by atoms with van der Waals surface area (Å²) in [6.45, 7) is 3.91. The van der Waals surface area contributed by atoms with E-state index >= 15 is 0 Å². The fraction of sp³-hybridized carbons (Fsp3) is 0.188. The lowest BCUT2D eigenvalue weighted by molar-refractivity contribution is 0.0963. The van der Waals surface area contributed by atoms with Crippen LogP contribution in [0.2, 0.25) is 0 Å². The van der Waals surface area contributed by atoms with Gasteiger partial charge in [-0.15, -0.1) is 11.3 Å². The molecule has 2 N–H and O–H groups in total. The predicted molar refractivity (Wildman–Crippen MR) is 88.5 cm³/mol. The molecule has 0 unspecified atom stereocenters. The van der Waals surface area contributed by atoms with Crippen LogP contribution in [0.3, 0.4) is 0 Å². The summed E-state index contributed by atoms with van der Waals surface area (Å²) in [6, 6.07) is 7.04. The molecule has 1 aromatic carbocycles. The minimum atomic E-state index is -0.173. The van der Waals surface area contributed by atoms with Crippen LogP contribution in [0.15, 0.2) is 29.1 Å². The number of fused-ring (bicyclic) bond motifs is 1. The van der Waals surface area contributed by atoms with Crippen molar-refractivity contribution in [3.8, 4) is 11.4 Å². The normalized spacial score (nSPS) is 10.9. The van der Waals surface area contributed by atoms with Gasteiger partial charge in [0.25, 0.3) is 11.5 Å². The smallest absolute Gasteiger partial charge is 0.260 e. The predicted octanol–water partition coefficient (Wildman–Crippen LogP) is 2.63. The highest BCUT2D eigenvalue weighted by atomic mass is 32.1. The maximum atomic E-state index is 12.3. The summed E-state index contributed by atoms with van der Waals surface area (Å²) in [5, 5.41) is 3.23. The van der Waals surface area contributed by atoms with E-state index in [1.807, 2.05) is 19.9 Å². The Kier molecular flexibility index (Phi) is 3.54. The van der Waals surface area contributed by atoms with Gasteiger partial charge in [0.15, 0.2) is 0 Å². The van der Waals surface area contributed by atoms with E-state index < -0.39 is 0 Å². The fourth-order valence-electron chi connectivity index (χ4n) is 2.34. The van der Waals surface area contributed by atoms with E-state index in [-0.39, 0.29) is 11.5 Å². The Labute approximate surface area is 131 Å². The Hall–Kier alpha value is -2.47. The maximum absolute atomic E-state index is 12.3. The fourth-order valence-corrected chi connectivity index (χ4v) is 3.37. The lowest BCUT2D eigenvalue weighted by atomic mass is 10.1. The summed E-state index contributed by atoms with van der Waals surface area (Å²) in [6.07, 6.45) is 0. The first kappa shape index (κ1) is 14.5. The van der Waals surface area contributed by atoms with E-state index in [1.165, 1.54) is 11.3 Å². The third-order valence-corrected chi connectivity index (χ3v) is 4.77. The zero-order valence-electron chi connectivity index (χ0n) is 12.5. The number of amides is 1. The van der Waals surface area contributed by atoms with E-state index in [0.717, 1.165) is 15.3 Å². The molecule has 2 aromatic heterocycles. The molecule has 0 radical (unpaired) electrons. The number of aromatic amines is 1. The van der Waals surface area contributed by atoms with Crippen molar-refractivity contribution in [2.75, 3.05) is 7.05 Å². The zero-order valence-corrected chi connectivity index (χ0v) is 13.3. The lowest BCUT2D eigenvalue weighted by Crippen LogP contribution is -2.17. The van der Waals surface area contributed by atoms with Crippen molar-refractivity contribution in [3.05, 3.63) is 50.6 Å². The van der Waals surface area contributed by atoms with Crippen molar-refractivity contribution in [1.82, 2.24) is 15.3 Å². The molecular formula is C16H15N3O2S. The minimum absolute atomic E-state index is 0.146. The molecule has 0 atom stereocenters. The van der Waals surface area contributed by atoms with Crippen LogP contribution in [-0.4, -0.2) is 22.9 Å². The van der Waals surface area contributed by atoms with E-state index in [1.54, 1.807) is 25.2 Å². The van der Waals surface area contributed by atoms with Gasteiger partial charge < -0.3 is 10.3 Å². The van der Waals surface area contributed by atoms with Crippen molar-refractivity contribution in [1.29, 1.82) is 0 Å². The largest absolute Gasteiger partial charge is 0.355 e. The number of benzene rings is 1. The van der Waals surface area contributed by atoms with Gasteiger partial charge in [-0.3, -0.25) is 9.59 Å². The number of hydrogen-bond acceptors (Lipinski definition) is 4. The van der Waals surface area contributed by atoms with E-state index in [4.69, 9.17) is 0 Å². The van der Waals surface area contributed by atoms with Gasteiger partial charge in [0, 0.05) is 23.1 Å². The molecule has 0 saturated heterocycles. The highest BCUT2D eigenvalue weighted by Gasteiger charge is 2.13. The lowest BCUT2D eigenvalue weighted by Gasteiger charge is -2.04. The topological polar surface area (TPSA) is 74.8 Å². The molecule has 0 bridgehead atoms. The number of nitrogens with zero attached hydrogens (tertiary/aromatic N) is 1. The van der Waals surface area contributed by atoms with Crippen LogP contribution < -0.4 is 10.9 Å². The summed E-state index contributed by atoms with van der Waals surface area (Å²) in [5.41, 5.74) is 2.07. The van der Waals surface area contributed by atoms with E-state index in [9.17, 15) is 9.59 Å². The van der Waals surface area contributed by atoms with Crippen LogP contribution in [0, 0.1) is 13.8 Å². The SMILES string of the molecule is CNC(=O)c1cccc(-c2nc3sc(C)c(C)c3c(=O)[nH]2)c1. The summed E-state index contributed by atoms with van der Waals surface area (Å²) in [5.74, 6) is 0.303. The monoisotopic (exact) mass is 313 g/mol. The Morgan fingerprint density at radius 1 is 1.32 bits per heavy atom. The minimum Gasteiger partial charge on any atom is -0.355 e. The number of carbonyl (C=O) groups is 1. The molecule has 0 aliphatic rings. The first-order valence-corrected chi connectivity index (χ1v) is 7.65. The van der Waals surface area contributed by atoms with Crippen molar-refractivity contribution in [2.24, 2.45) is 0 Å². The molecule has 0 saturated carbocycles. The van der Waals surface area contributed by atoms with Crippen LogP contribution in [0.25, 0.3) is 21.6 Å². The number of carbonyl (C=O) groups excluding carboxylic acids is 1. The number of H-pyrrole nitrogens is 1. The van der Waals surface area contributed by atoms with Gasteiger partial charge in [-0.1, -0.05) is 12.1 Å². The standard InChI is InChI=1S/C16H15N3O2S/c1-8-9(2)22-16-12(8)15(21)18-13(19-16)10-5-4-6-11(7-10)14(20)17-3/h4-7H,1-3H3,(H,17,20)(H,18,19,21). The van der Waals surface area contributed by atoms with Gasteiger partial charge in [0.05, 0.1) is 5.39 Å². The summed E-state index contributed by atoms with van der Waals surface area (Å²) >= 11 is 1.51. The van der Waals surface area contributed by atoms with Crippen molar-refractivity contribution in [2.45, 2.75) is 13.8 Å². The number of aromatic nitrogens is 2. The first-order valence-electron chi connectivity index (χ1n) is 6.84. The number of aryl methyl sites for hydroxylation is 2. The van der Waals surface area contributed by atoms with Gasteiger partial charge in [-0.2, -0.15) is 0 Å². The zero-order chi connectivity index (χ0) is 15.9. The van der Waals surface area contributed by atoms with Crippen LogP contribution in [0.5, 0.6) is 0 Å². The quantitative estimate of drug-likeness (QED) is 0.763. The van der Waals surface area contributed by atoms with E-state index in [2.05, 4.69) is 15.3 Å². The second-order valence-corrected chi connectivity index (χ2v) is 6.24. The molecule has 5 nitrogen and oxygen atoms in total. The van der Waals surface area contributed by atoms with Crippen molar-refractivity contribution in [3.63, 3.8) is 0 Å². The second kappa shape index (κ2) is 5.38. The van der Waals surface area contributed by atoms with Gasteiger partial charge in [0.1, 0.15) is 10.7 Å². The third kappa shape index (κ3) is 2.31. The van der Waals surface area contributed by atoms with Crippen molar-refractivity contribution >= 4 is 27.5 Å². The molecule has 3 rings (SSSR count). The molecular weight excluding hydrogens is 298 g/mol. The molecule has 112 valence electrons. The number of thiophene rings is 1. The van der Waals surface area contributed by atoms with Gasteiger partial charge in [-0.05, 0) is 31.5 Å². The molecule has 6 heteroatoms. The molecule has 2 heterocycles. The summed E-state index contributed by atoms with van der Waals surface area (Å²) in [4.78, 5) is 33.2. The Balaban J connectivity index is 2.19. The Bertz CT molecular complexity index is 940.